The molecule has 1 heterocycles. The molecule has 3 nitrogen and oxygen atoms in total. The molecule has 0 aliphatic rings. The molecule has 1 aromatic heterocycles. The molecule has 0 saturated heterocycles. The van der Waals surface area contributed by atoms with Crippen molar-refractivity contribution in [1.82, 2.24) is 0 Å². The first-order valence-electron chi connectivity index (χ1n) is 7.07. The van der Waals surface area contributed by atoms with Crippen LogP contribution in [0.15, 0.2) is 48.5 Å². The van der Waals surface area contributed by atoms with E-state index in [2.05, 4.69) is 35.9 Å². The van der Waals surface area contributed by atoms with Gasteiger partial charge >= 0.3 is 5.97 Å². The number of pyridine rings is 1. The van der Waals surface area contributed by atoms with Crippen molar-refractivity contribution in [3.63, 3.8) is 0 Å². The number of halogens is 1. The molecule has 2 aromatic carbocycles. The summed E-state index contributed by atoms with van der Waals surface area (Å²) >= 11 is 0. The van der Waals surface area contributed by atoms with Crippen molar-refractivity contribution in [2.75, 3.05) is 7.11 Å². The lowest BCUT2D eigenvalue weighted by atomic mass is 9.98. The third-order valence-corrected chi connectivity index (χ3v) is 3.99. The van der Waals surface area contributed by atoms with E-state index < -0.39 is 0 Å². The van der Waals surface area contributed by atoms with Gasteiger partial charge < -0.3 is 28.7 Å². The van der Waals surface area contributed by atoms with Crippen LogP contribution in [0.2, 0.25) is 0 Å². The van der Waals surface area contributed by atoms with E-state index >= 15 is 0 Å². The molecular formula is C18H18INO2. The molecule has 0 amide bonds. The molecule has 22 heavy (non-hydrogen) atoms. The molecule has 0 atom stereocenters. The summed E-state index contributed by atoms with van der Waals surface area (Å²) < 4.78 is 6.98. The molecule has 0 aliphatic carbocycles. The van der Waals surface area contributed by atoms with E-state index in [9.17, 15) is 4.79 Å². The van der Waals surface area contributed by atoms with Gasteiger partial charge in [-0.2, -0.15) is 4.57 Å². The number of nitrogens with zero attached hydrogens (tertiary/aromatic N) is 1. The minimum atomic E-state index is -0.170. The number of benzene rings is 2. The third kappa shape index (κ3) is 2.92. The molecule has 114 valence electrons. The summed E-state index contributed by atoms with van der Waals surface area (Å²) in [5, 5.41) is 2.39. The molecule has 0 fully saturated rings. The topological polar surface area (TPSA) is 30.2 Å². The number of rotatable bonds is 3. The fourth-order valence-corrected chi connectivity index (χ4v) is 2.92. The van der Waals surface area contributed by atoms with Crippen LogP contribution in [0.5, 0.6) is 0 Å². The number of carbonyl (C=O) groups excluding carboxylic acids is 1. The predicted octanol–water partition coefficient (Wildman–Crippen LogP) is -0.0729. The Morgan fingerprint density at radius 3 is 2.00 bits per heavy atom. The van der Waals surface area contributed by atoms with Crippen LogP contribution >= 0.6 is 0 Å². The maximum atomic E-state index is 11.5. The zero-order valence-electron chi connectivity index (χ0n) is 12.7. The number of para-hydroxylation sites is 2. The zero-order chi connectivity index (χ0) is 14.8. The van der Waals surface area contributed by atoms with Crippen LogP contribution < -0.4 is 28.5 Å². The van der Waals surface area contributed by atoms with E-state index in [0.29, 0.717) is 12.8 Å². The van der Waals surface area contributed by atoms with Crippen LogP contribution in [0.3, 0.4) is 0 Å². The van der Waals surface area contributed by atoms with Gasteiger partial charge in [-0.25, -0.2) is 0 Å². The van der Waals surface area contributed by atoms with Crippen LogP contribution in [-0.2, 0) is 23.0 Å². The first-order valence-corrected chi connectivity index (χ1v) is 7.07. The Balaban J connectivity index is 0.00000176. The monoisotopic (exact) mass is 407 g/mol. The van der Waals surface area contributed by atoms with Gasteiger partial charge in [0.1, 0.15) is 7.05 Å². The van der Waals surface area contributed by atoms with Gasteiger partial charge in [-0.3, -0.25) is 4.79 Å². The first kappa shape index (κ1) is 16.7. The lowest BCUT2D eigenvalue weighted by molar-refractivity contribution is -0.617. The molecule has 0 spiro atoms. The van der Waals surface area contributed by atoms with Crippen LogP contribution in [0.25, 0.3) is 21.8 Å². The van der Waals surface area contributed by atoms with E-state index in [-0.39, 0.29) is 29.9 Å². The Bertz CT molecular complexity index is 773. The molecule has 3 rings (SSSR count). The summed E-state index contributed by atoms with van der Waals surface area (Å²) in [6.07, 6.45) is 1.09. The fraction of sp³-hybridized carbons (Fsp3) is 0.222. The van der Waals surface area contributed by atoms with Gasteiger partial charge in [-0.1, -0.05) is 24.3 Å². The van der Waals surface area contributed by atoms with Gasteiger partial charge in [0.05, 0.1) is 17.9 Å². The molecule has 0 saturated carbocycles. The van der Waals surface area contributed by atoms with Crippen molar-refractivity contribution in [2.24, 2.45) is 7.05 Å². The van der Waals surface area contributed by atoms with Gasteiger partial charge in [-0.15, -0.1) is 0 Å². The number of hydrogen-bond acceptors (Lipinski definition) is 2. The van der Waals surface area contributed by atoms with E-state index in [1.165, 1.54) is 34.5 Å². The average molecular weight is 407 g/mol. The number of esters is 1. The van der Waals surface area contributed by atoms with E-state index in [1.54, 1.807) is 0 Å². The summed E-state index contributed by atoms with van der Waals surface area (Å²) in [5.74, 6) is -0.170. The standard InChI is InChI=1S/C18H18NO2.HI/c1-19-16-9-5-3-7-14(16)13(11-12-18(20)21-2)15-8-4-6-10-17(15)19;/h3-10H,11-12H2,1-2H3;1H/q+1;/p-1. The second-order valence-corrected chi connectivity index (χ2v) is 5.15. The normalized spacial score (nSPS) is 10.5. The van der Waals surface area contributed by atoms with E-state index in [4.69, 9.17) is 4.74 Å². The number of methoxy groups -OCH3 is 1. The minimum Gasteiger partial charge on any atom is -1.00 e. The summed E-state index contributed by atoms with van der Waals surface area (Å²) in [5.41, 5.74) is 3.57. The smallest absolute Gasteiger partial charge is 0.305 e. The fourth-order valence-electron chi connectivity index (χ4n) is 2.92. The van der Waals surface area contributed by atoms with Crippen molar-refractivity contribution in [3.05, 3.63) is 54.1 Å². The highest BCUT2D eigenvalue weighted by molar-refractivity contribution is 5.94. The van der Waals surface area contributed by atoms with Gasteiger partial charge in [-0.05, 0) is 24.1 Å². The number of aromatic nitrogens is 1. The molecular weight excluding hydrogens is 389 g/mol. The van der Waals surface area contributed by atoms with Gasteiger partial charge in [0.15, 0.2) is 0 Å². The SMILES string of the molecule is COC(=O)CCc1c2ccccc2[n+](C)c2ccccc12.[I-]. The second-order valence-electron chi connectivity index (χ2n) is 5.15. The molecule has 0 radical (unpaired) electrons. The van der Waals surface area contributed by atoms with Crippen molar-refractivity contribution >= 4 is 27.8 Å². The summed E-state index contributed by atoms with van der Waals surface area (Å²) in [6.45, 7) is 0. The maximum absolute atomic E-state index is 11.5. The predicted molar refractivity (Wildman–Crippen MR) is 83.0 cm³/mol. The number of aryl methyl sites for hydroxylation is 2. The van der Waals surface area contributed by atoms with Crippen LogP contribution in [-0.4, -0.2) is 13.1 Å². The molecule has 0 N–H and O–H groups in total. The number of ether oxygens (including phenoxy) is 1. The van der Waals surface area contributed by atoms with Crippen molar-refractivity contribution in [1.29, 1.82) is 0 Å². The summed E-state index contributed by atoms with van der Waals surface area (Å²) in [7, 11) is 3.51. The van der Waals surface area contributed by atoms with Crippen molar-refractivity contribution in [2.45, 2.75) is 12.8 Å². The lowest BCUT2D eigenvalue weighted by Gasteiger charge is -2.09. The number of hydrogen-bond donors (Lipinski definition) is 0. The van der Waals surface area contributed by atoms with Gasteiger partial charge in [0.25, 0.3) is 0 Å². The molecule has 3 aromatic rings. The Kier molecular flexibility index (Phi) is 5.34. The van der Waals surface area contributed by atoms with Gasteiger partial charge in [0, 0.05) is 18.6 Å². The second kappa shape index (κ2) is 7.05. The Morgan fingerprint density at radius 1 is 1.00 bits per heavy atom. The van der Waals surface area contributed by atoms with Gasteiger partial charge in [0.2, 0.25) is 11.0 Å². The minimum absolute atomic E-state index is 0. The van der Waals surface area contributed by atoms with Crippen LogP contribution in [0.1, 0.15) is 12.0 Å². The zero-order valence-corrected chi connectivity index (χ0v) is 14.8. The number of carbonyl (C=O) groups is 1. The highest BCUT2D eigenvalue weighted by Crippen LogP contribution is 2.25. The van der Waals surface area contributed by atoms with E-state index in [1.807, 2.05) is 24.3 Å². The Hall–Kier alpha value is -1.69. The highest BCUT2D eigenvalue weighted by Gasteiger charge is 2.17. The molecule has 0 bridgehead atoms. The molecule has 0 aliphatic heterocycles. The van der Waals surface area contributed by atoms with Crippen LogP contribution in [0, 0.1) is 0 Å². The highest BCUT2D eigenvalue weighted by atomic mass is 127. The van der Waals surface area contributed by atoms with Crippen LogP contribution in [0.4, 0.5) is 0 Å². The Morgan fingerprint density at radius 2 is 1.50 bits per heavy atom. The van der Waals surface area contributed by atoms with Crippen molar-refractivity contribution < 1.29 is 38.1 Å². The molecule has 4 heteroatoms. The summed E-state index contributed by atoms with van der Waals surface area (Å²) in [4.78, 5) is 11.5. The largest absolute Gasteiger partial charge is 1.00 e. The average Bonchev–Trinajstić information content (AvgIpc) is 2.54. The lowest BCUT2D eigenvalue weighted by Crippen LogP contribution is -3.00. The summed E-state index contributed by atoms with van der Waals surface area (Å²) in [6, 6.07) is 16.6. The Labute approximate surface area is 146 Å². The number of fused-ring (bicyclic) bond motifs is 2. The van der Waals surface area contributed by atoms with E-state index in [0.717, 1.165) is 0 Å². The maximum Gasteiger partial charge on any atom is 0.305 e. The third-order valence-electron chi connectivity index (χ3n) is 3.99. The quantitative estimate of drug-likeness (QED) is 0.263. The first-order chi connectivity index (χ1) is 10.2. The molecule has 0 unspecified atom stereocenters. The van der Waals surface area contributed by atoms with Crippen molar-refractivity contribution in [3.8, 4) is 0 Å².